The van der Waals surface area contributed by atoms with Gasteiger partial charge in [-0.2, -0.15) is 0 Å². The summed E-state index contributed by atoms with van der Waals surface area (Å²) >= 11 is 3.26. The normalized spacial score (nSPS) is 12.9. The lowest BCUT2D eigenvalue weighted by atomic mass is 10.2. The van der Waals surface area contributed by atoms with Crippen molar-refractivity contribution in [3.63, 3.8) is 0 Å². The molecule has 0 fully saturated rings. The number of carbonyl (C=O) groups is 1. The van der Waals surface area contributed by atoms with Gasteiger partial charge in [0.1, 0.15) is 5.75 Å². The molecular formula is C14H14N2O2S2. The second-order valence-corrected chi connectivity index (χ2v) is 6.69. The minimum Gasteiger partial charge on any atom is -0.480 e. The Bertz CT molecular complexity index is 791. The summed E-state index contributed by atoms with van der Waals surface area (Å²) in [5.74, 6) is 0.277. The zero-order valence-corrected chi connectivity index (χ0v) is 12.8. The van der Waals surface area contributed by atoms with Crippen LogP contribution in [0.25, 0.3) is 20.3 Å². The van der Waals surface area contributed by atoms with Gasteiger partial charge in [0.05, 0.1) is 19.9 Å². The second-order valence-electron chi connectivity index (χ2n) is 4.53. The number of aryl methyl sites for hydroxylation is 1. The van der Waals surface area contributed by atoms with E-state index in [1.807, 2.05) is 31.4 Å². The van der Waals surface area contributed by atoms with Crippen LogP contribution in [-0.4, -0.2) is 17.0 Å². The number of fused-ring (bicyclic) bond motifs is 3. The molecule has 2 N–H and O–H groups in total. The average Bonchev–Trinajstić information content (AvgIpc) is 3.00. The first-order valence-electron chi connectivity index (χ1n) is 6.33. The van der Waals surface area contributed by atoms with E-state index in [-0.39, 0.29) is 0 Å². The van der Waals surface area contributed by atoms with Crippen LogP contribution in [-0.2, 0) is 4.79 Å². The summed E-state index contributed by atoms with van der Waals surface area (Å²) in [4.78, 5) is 15.9. The molecule has 2 aromatic heterocycles. The third-order valence-electron chi connectivity index (χ3n) is 3.13. The maximum absolute atomic E-state index is 11.4. The highest BCUT2D eigenvalue weighted by molar-refractivity contribution is 7.21. The fraction of sp³-hybridized carbons (Fsp3) is 0.286. The predicted octanol–water partition coefficient (Wildman–Crippen LogP) is 3.46. The van der Waals surface area contributed by atoms with Crippen LogP contribution < -0.4 is 10.5 Å². The van der Waals surface area contributed by atoms with Crippen molar-refractivity contribution in [2.45, 2.75) is 26.4 Å². The van der Waals surface area contributed by atoms with Crippen molar-refractivity contribution in [1.29, 1.82) is 0 Å². The first-order valence-corrected chi connectivity index (χ1v) is 8.03. The minimum atomic E-state index is -0.593. The molecule has 3 aromatic rings. The van der Waals surface area contributed by atoms with Gasteiger partial charge >= 0.3 is 0 Å². The van der Waals surface area contributed by atoms with Crippen LogP contribution >= 0.6 is 22.7 Å². The number of amides is 1. The number of thiazole rings is 1. The molecule has 0 aliphatic heterocycles. The molecule has 0 spiro atoms. The van der Waals surface area contributed by atoms with Gasteiger partial charge in [-0.1, -0.05) is 6.92 Å². The highest BCUT2D eigenvalue weighted by Crippen LogP contribution is 2.39. The smallest absolute Gasteiger partial charge is 0.258 e. The van der Waals surface area contributed by atoms with Crippen molar-refractivity contribution in [2.75, 3.05) is 0 Å². The van der Waals surface area contributed by atoms with Gasteiger partial charge in [-0.3, -0.25) is 4.79 Å². The molecule has 1 atom stereocenters. The quantitative estimate of drug-likeness (QED) is 0.802. The van der Waals surface area contributed by atoms with Crippen LogP contribution in [0.4, 0.5) is 0 Å². The molecule has 0 radical (unpaired) electrons. The van der Waals surface area contributed by atoms with Gasteiger partial charge in [0.2, 0.25) is 0 Å². The Balaban J connectivity index is 2.17. The maximum atomic E-state index is 11.4. The Kier molecular flexibility index (Phi) is 3.35. The van der Waals surface area contributed by atoms with Gasteiger partial charge in [0, 0.05) is 11.5 Å². The summed E-state index contributed by atoms with van der Waals surface area (Å²) in [6.07, 6.45) is -0.0367. The molecule has 0 saturated heterocycles. The number of hydrogen-bond acceptors (Lipinski definition) is 5. The summed E-state index contributed by atoms with van der Waals surface area (Å²) in [6.45, 7) is 3.87. The van der Waals surface area contributed by atoms with Gasteiger partial charge in [0.15, 0.2) is 6.10 Å². The van der Waals surface area contributed by atoms with E-state index in [0.29, 0.717) is 12.2 Å². The van der Waals surface area contributed by atoms with Crippen molar-refractivity contribution in [2.24, 2.45) is 5.73 Å². The number of primary amides is 1. The number of aromatic nitrogens is 1. The Labute approximate surface area is 124 Å². The molecule has 20 heavy (non-hydrogen) atoms. The molecule has 0 aliphatic rings. The van der Waals surface area contributed by atoms with E-state index in [1.54, 1.807) is 22.7 Å². The standard InChI is InChI=1S/C14H14N2O2S2/c1-3-9(14(15)17)18-10-6-11-12(16-7(2)20-11)13-8(10)4-5-19-13/h4-6,9H,3H2,1-2H3,(H2,15,17). The molecule has 3 rings (SSSR count). The molecule has 0 bridgehead atoms. The molecule has 1 amide bonds. The first kappa shape index (κ1) is 13.3. The van der Waals surface area contributed by atoms with Crippen LogP contribution in [0, 0.1) is 6.92 Å². The van der Waals surface area contributed by atoms with Gasteiger partial charge in [0.25, 0.3) is 5.91 Å². The minimum absolute atomic E-state index is 0.434. The van der Waals surface area contributed by atoms with Crippen LogP contribution in [0.3, 0.4) is 0 Å². The molecular weight excluding hydrogens is 292 g/mol. The van der Waals surface area contributed by atoms with Crippen molar-refractivity contribution in [1.82, 2.24) is 4.98 Å². The fourth-order valence-corrected chi connectivity index (χ4v) is 4.01. The Morgan fingerprint density at radius 1 is 1.55 bits per heavy atom. The van der Waals surface area contributed by atoms with Gasteiger partial charge in [-0.15, -0.1) is 22.7 Å². The van der Waals surface area contributed by atoms with E-state index >= 15 is 0 Å². The predicted molar refractivity (Wildman–Crippen MR) is 83.6 cm³/mol. The molecule has 1 aromatic carbocycles. The van der Waals surface area contributed by atoms with Crippen LogP contribution in [0.5, 0.6) is 5.75 Å². The number of nitrogens with zero attached hydrogens (tertiary/aromatic N) is 1. The number of ether oxygens (including phenoxy) is 1. The molecule has 0 saturated carbocycles. The molecule has 6 heteroatoms. The maximum Gasteiger partial charge on any atom is 0.258 e. The topological polar surface area (TPSA) is 65.2 Å². The molecule has 0 aliphatic carbocycles. The highest BCUT2D eigenvalue weighted by atomic mass is 32.1. The SMILES string of the molecule is CCC(Oc1cc2sc(C)nc2c2sccc12)C(N)=O. The number of rotatable bonds is 4. The van der Waals surface area contributed by atoms with Crippen LogP contribution in [0.2, 0.25) is 0 Å². The summed E-state index contributed by atoms with van der Waals surface area (Å²) in [5, 5.41) is 4.03. The Morgan fingerprint density at radius 3 is 3.05 bits per heavy atom. The summed E-state index contributed by atoms with van der Waals surface area (Å²) in [6, 6.07) is 3.96. The number of thiophene rings is 1. The van der Waals surface area contributed by atoms with Crippen molar-refractivity contribution in [3.05, 3.63) is 22.5 Å². The second kappa shape index (κ2) is 5.03. The lowest BCUT2D eigenvalue weighted by Gasteiger charge is -2.15. The summed E-state index contributed by atoms with van der Waals surface area (Å²) in [5.41, 5.74) is 6.37. The third kappa shape index (κ3) is 2.14. The van der Waals surface area contributed by atoms with E-state index in [2.05, 4.69) is 4.98 Å². The fourth-order valence-electron chi connectivity index (χ4n) is 2.18. The lowest BCUT2D eigenvalue weighted by molar-refractivity contribution is -0.124. The van der Waals surface area contributed by atoms with Crippen LogP contribution in [0.15, 0.2) is 17.5 Å². The van der Waals surface area contributed by atoms with Crippen LogP contribution in [0.1, 0.15) is 18.4 Å². The molecule has 1 unspecified atom stereocenters. The first-order chi connectivity index (χ1) is 9.60. The van der Waals surface area contributed by atoms with Gasteiger partial charge < -0.3 is 10.5 Å². The largest absolute Gasteiger partial charge is 0.480 e. The van der Waals surface area contributed by atoms with Crippen molar-refractivity contribution >= 4 is 48.9 Å². The summed E-state index contributed by atoms with van der Waals surface area (Å²) < 4.78 is 8.00. The Morgan fingerprint density at radius 2 is 2.35 bits per heavy atom. The van der Waals surface area contributed by atoms with Gasteiger partial charge in [-0.25, -0.2) is 4.98 Å². The highest BCUT2D eigenvalue weighted by Gasteiger charge is 2.18. The third-order valence-corrected chi connectivity index (χ3v) is 4.96. The van der Waals surface area contributed by atoms with E-state index in [1.165, 1.54) is 0 Å². The van der Waals surface area contributed by atoms with Gasteiger partial charge in [-0.05, 0) is 24.8 Å². The van der Waals surface area contributed by atoms with Crippen molar-refractivity contribution < 1.29 is 9.53 Å². The lowest BCUT2D eigenvalue weighted by Crippen LogP contribution is -2.33. The number of carbonyl (C=O) groups excluding carboxylic acids is 1. The monoisotopic (exact) mass is 306 g/mol. The van der Waals surface area contributed by atoms with E-state index in [9.17, 15) is 4.79 Å². The number of hydrogen-bond donors (Lipinski definition) is 1. The number of benzene rings is 1. The Hall–Kier alpha value is -1.66. The van der Waals surface area contributed by atoms with E-state index in [0.717, 1.165) is 25.3 Å². The molecule has 2 heterocycles. The molecule has 104 valence electrons. The van der Waals surface area contributed by atoms with E-state index < -0.39 is 12.0 Å². The zero-order chi connectivity index (χ0) is 14.3. The molecule has 4 nitrogen and oxygen atoms in total. The van der Waals surface area contributed by atoms with E-state index in [4.69, 9.17) is 10.5 Å². The van der Waals surface area contributed by atoms with Crippen molar-refractivity contribution in [3.8, 4) is 5.75 Å². The summed E-state index contributed by atoms with van der Waals surface area (Å²) in [7, 11) is 0. The number of nitrogens with two attached hydrogens (primary N) is 1. The zero-order valence-electron chi connectivity index (χ0n) is 11.2. The average molecular weight is 306 g/mol.